The molecule has 1 aliphatic carbocycles. The summed E-state index contributed by atoms with van der Waals surface area (Å²) in [5.41, 5.74) is 9.62. The van der Waals surface area contributed by atoms with Crippen LogP contribution in [0.25, 0.3) is 0 Å². The Labute approximate surface area is 189 Å². The first kappa shape index (κ1) is 20.5. The maximum atomic E-state index is 13.0. The summed E-state index contributed by atoms with van der Waals surface area (Å²) in [6, 6.07) is 14.5. The monoisotopic (exact) mass is 446 g/mol. The van der Waals surface area contributed by atoms with E-state index in [9.17, 15) is 14.4 Å². The van der Waals surface area contributed by atoms with Crippen LogP contribution in [0.3, 0.4) is 0 Å². The molecule has 1 atom stereocenters. The zero-order chi connectivity index (χ0) is 22.2. The van der Waals surface area contributed by atoms with Crippen LogP contribution in [-0.4, -0.2) is 17.8 Å². The van der Waals surface area contributed by atoms with Crippen LogP contribution in [0.4, 0.5) is 5.00 Å². The van der Waals surface area contributed by atoms with Crippen molar-refractivity contribution in [1.29, 1.82) is 0 Å². The summed E-state index contributed by atoms with van der Waals surface area (Å²) < 4.78 is 5.59. The maximum absolute atomic E-state index is 13.0. The number of hydrogen-bond acceptors (Lipinski definition) is 5. The fraction of sp³-hybridized carbons (Fsp3) is 0.240. The van der Waals surface area contributed by atoms with Crippen LogP contribution in [0.5, 0.6) is 0 Å². The molecule has 5 rings (SSSR count). The van der Waals surface area contributed by atoms with Gasteiger partial charge >= 0.3 is 5.97 Å². The second-order valence-electron chi connectivity index (χ2n) is 8.11. The number of fused-ring (bicyclic) bond motifs is 2. The van der Waals surface area contributed by atoms with Gasteiger partial charge in [-0.25, -0.2) is 4.79 Å². The van der Waals surface area contributed by atoms with Crippen molar-refractivity contribution < 1.29 is 19.1 Å². The summed E-state index contributed by atoms with van der Waals surface area (Å²) in [5.74, 6) is -1.24. The number of carbonyl (C=O) groups is 3. The molecule has 1 aromatic heterocycles. The fourth-order valence-electron chi connectivity index (χ4n) is 4.48. The lowest BCUT2D eigenvalue weighted by atomic mass is 9.93. The first-order valence-corrected chi connectivity index (χ1v) is 11.5. The SMILES string of the molecule is NC(=O)c1c(NC(=O)c2ccc3c(c2)CC(c2ccccc2)OC3=O)sc2c1CCCC2. The van der Waals surface area contributed by atoms with Crippen LogP contribution in [0.2, 0.25) is 0 Å². The molecule has 0 spiro atoms. The highest BCUT2D eigenvalue weighted by Crippen LogP contribution is 2.38. The van der Waals surface area contributed by atoms with E-state index in [1.165, 1.54) is 11.3 Å². The van der Waals surface area contributed by atoms with E-state index in [4.69, 9.17) is 10.5 Å². The Morgan fingerprint density at radius 3 is 2.62 bits per heavy atom. The molecule has 2 amide bonds. The van der Waals surface area contributed by atoms with E-state index in [2.05, 4.69) is 5.32 Å². The van der Waals surface area contributed by atoms with Crippen LogP contribution in [0, 0.1) is 0 Å². The highest BCUT2D eigenvalue weighted by Gasteiger charge is 2.29. The lowest BCUT2D eigenvalue weighted by Crippen LogP contribution is -2.23. The van der Waals surface area contributed by atoms with Crippen molar-refractivity contribution in [2.75, 3.05) is 5.32 Å². The number of thiophene rings is 1. The summed E-state index contributed by atoms with van der Waals surface area (Å²) in [7, 11) is 0. The minimum atomic E-state index is -0.515. The van der Waals surface area contributed by atoms with Gasteiger partial charge in [0.1, 0.15) is 11.1 Å². The number of aryl methyl sites for hydroxylation is 1. The summed E-state index contributed by atoms with van der Waals surface area (Å²) in [6.07, 6.45) is 3.90. The fourth-order valence-corrected chi connectivity index (χ4v) is 5.77. The number of anilines is 1. The Morgan fingerprint density at radius 1 is 1.06 bits per heavy atom. The van der Waals surface area contributed by atoms with Crippen molar-refractivity contribution >= 4 is 34.1 Å². The lowest BCUT2D eigenvalue weighted by molar-refractivity contribution is 0.0252. The Hall–Kier alpha value is -3.45. The molecular weight excluding hydrogens is 424 g/mol. The van der Waals surface area contributed by atoms with Crippen molar-refractivity contribution in [2.45, 2.75) is 38.2 Å². The summed E-state index contributed by atoms with van der Waals surface area (Å²) in [5, 5.41) is 3.40. The Bertz CT molecular complexity index is 1230. The molecule has 2 aliphatic rings. The molecule has 0 fully saturated rings. The average molecular weight is 447 g/mol. The second-order valence-corrected chi connectivity index (χ2v) is 9.22. The summed E-state index contributed by atoms with van der Waals surface area (Å²) in [6.45, 7) is 0. The number of esters is 1. The molecule has 32 heavy (non-hydrogen) atoms. The minimum Gasteiger partial charge on any atom is -0.454 e. The van der Waals surface area contributed by atoms with Crippen LogP contribution in [0.15, 0.2) is 48.5 Å². The summed E-state index contributed by atoms with van der Waals surface area (Å²) in [4.78, 5) is 38.8. The van der Waals surface area contributed by atoms with Gasteiger partial charge < -0.3 is 15.8 Å². The highest BCUT2D eigenvalue weighted by atomic mass is 32.1. The lowest BCUT2D eigenvalue weighted by Gasteiger charge is -2.25. The zero-order valence-electron chi connectivity index (χ0n) is 17.4. The molecule has 162 valence electrons. The van der Waals surface area contributed by atoms with Crippen molar-refractivity contribution in [1.82, 2.24) is 0 Å². The van der Waals surface area contributed by atoms with Gasteiger partial charge in [0.15, 0.2) is 0 Å². The number of nitrogens with one attached hydrogen (secondary N) is 1. The molecule has 2 heterocycles. The van der Waals surface area contributed by atoms with Crippen molar-refractivity contribution in [3.8, 4) is 0 Å². The maximum Gasteiger partial charge on any atom is 0.339 e. The van der Waals surface area contributed by atoms with Gasteiger partial charge in [0.05, 0.1) is 11.1 Å². The standard InChI is InChI=1S/C25H22N2O4S/c26-22(28)21-18-8-4-5-9-20(18)32-24(21)27-23(29)15-10-11-17-16(12-15)13-19(31-25(17)30)14-6-2-1-3-7-14/h1-3,6-7,10-12,19H,4-5,8-9,13H2,(H2,26,28)(H,27,29). The molecular formula is C25H22N2O4S. The van der Waals surface area contributed by atoms with Crippen LogP contribution < -0.4 is 11.1 Å². The molecule has 0 bridgehead atoms. The number of carbonyl (C=O) groups excluding carboxylic acids is 3. The number of primary amides is 1. The number of cyclic esters (lactones) is 1. The van der Waals surface area contributed by atoms with Crippen molar-refractivity contribution in [3.05, 3.63) is 86.8 Å². The van der Waals surface area contributed by atoms with Gasteiger partial charge in [-0.05, 0) is 60.6 Å². The predicted octanol–water partition coefficient (Wildman–Crippen LogP) is 4.43. The van der Waals surface area contributed by atoms with Crippen LogP contribution in [0.1, 0.15) is 71.6 Å². The third kappa shape index (κ3) is 3.69. The number of nitrogens with two attached hydrogens (primary N) is 1. The zero-order valence-corrected chi connectivity index (χ0v) is 18.2. The molecule has 3 aromatic rings. The average Bonchev–Trinajstić information content (AvgIpc) is 3.17. The number of hydrogen-bond donors (Lipinski definition) is 2. The Morgan fingerprint density at radius 2 is 1.84 bits per heavy atom. The second kappa shape index (κ2) is 8.24. The van der Waals surface area contributed by atoms with Crippen LogP contribution >= 0.6 is 11.3 Å². The summed E-state index contributed by atoms with van der Waals surface area (Å²) >= 11 is 1.43. The van der Waals surface area contributed by atoms with Gasteiger partial charge in [0, 0.05) is 16.9 Å². The molecule has 3 N–H and O–H groups in total. The third-order valence-corrected chi connectivity index (χ3v) is 7.27. The van der Waals surface area contributed by atoms with E-state index in [0.29, 0.717) is 28.1 Å². The largest absolute Gasteiger partial charge is 0.454 e. The number of ether oxygens (including phenoxy) is 1. The first-order chi connectivity index (χ1) is 15.5. The van der Waals surface area contributed by atoms with Crippen LogP contribution in [-0.2, 0) is 24.0 Å². The smallest absolute Gasteiger partial charge is 0.339 e. The van der Waals surface area contributed by atoms with E-state index in [1.54, 1.807) is 18.2 Å². The normalized spacial score (nSPS) is 17.1. The van der Waals surface area contributed by atoms with Gasteiger partial charge in [-0.1, -0.05) is 30.3 Å². The van der Waals surface area contributed by atoms with E-state index in [0.717, 1.165) is 47.3 Å². The predicted molar refractivity (Wildman–Crippen MR) is 122 cm³/mol. The van der Waals surface area contributed by atoms with Gasteiger partial charge in [-0.2, -0.15) is 0 Å². The number of benzene rings is 2. The molecule has 0 saturated carbocycles. The van der Waals surface area contributed by atoms with Gasteiger partial charge in [0.25, 0.3) is 11.8 Å². The van der Waals surface area contributed by atoms with E-state index >= 15 is 0 Å². The van der Waals surface area contributed by atoms with E-state index in [-0.39, 0.29) is 12.0 Å². The van der Waals surface area contributed by atoms with Gasteiger partial charge in [0.2, 0.25) is 0 Å². The van der Waals surface area contributed by atoms with Crippen molar-refractivity contribution in [2.24, 2.45) is 5.73 Å². The van der Waals surface area contributed by atoms with Gasteiger partial charge in [-0.15, -0.1) is 11.3 Å². The molecule has 7 heteroatoms. The Balaban J connectivity index is 1.42. The van der Waals surface area contributed by atoms with Crippen molar-refractivity contribution in [3.63, 3.8) is 0 Å². The van der Waals surface area contributed by atoms with E-state index < -0.39 is 11.9 Å². The number of amides is 2. The van der Waals surface area contributed by atoms with Gasteiger partial charge in [-0.3, -0.25) is 9.59 Å². The topological polar surface area (TPSA) is 98.5 Å². The minimum absolute atomic E-state index is 0.330. The quantitative estimate of drug-likeness (QED) is 0.579. The molecule has 0 saturated heterocycles. The third-order valence-electron chi connectivity index (χ3n) is 6.06. The molecule has 6 nitrogen and oxygen atoms in total. The first-order valence-electron chi connectivity index (χ1n) is 10.7. The molecule has 2 aromatic carbocycles. The highest BCUT2D eigenvalue weighted by molar-refractivity contribution is 7.17. The van der Waals surface area contributed by atoms with E-state index in [1.807, 2.05) is 30.3 Å². The molecule has 0 radical (unpaired) electrons. The Kier molecular flexibility index (Phi) is 5.27. The molecule has 1 unspecified atom stereocenters. The number of rotatable bonds is 4. The molecule has 1 aliphatic heterocycles.